The van der Waals surface area contributed by atoms with Gasteiger partial charge in [0.1, 0.15) is 5.69 Å². The fourth-order valence-corrected chi connectivity index (χ4v) is 1.49. The number of carbonyl (C=O) groups excluding carboxylic acids is 1. The van der Waals surface area contributed by atoms with Crippen LogP contribution in [0.5, 0.6) is 0 Å². The first-order chi connectivity index (χ1) is 8.41. The van der Waals surface area contributed by atoms with E-state index in [1.165, 1.54) is 6.07 Å². The zero-order valence-electron chi connectivity index (χ0n) is 8.90. The van der Waals surface area contributed by atoms with Crippen molar-refractivity contribution >= 4 is 5.97 Å². The molecule has 2 rings (SSSR count). The lowest BCUT2D eigenvalue weighted by atomic mass is 10.1. The molecule has 8 heteroatoms. The summed E-state index contributed by atoms with van der Waals surface area (Å²) >= 11 is 0. The molecule has 0 unspecified atom stereocenters. The third-order valence-corrected chi connectivity index (χ3v) is 2.49. The monoisotopic (exact) mass is 260 g/mol. The highest BCUT2D eigenvalue weighted by atomic mass is 19.4. The number of hydrogen-bond acceptors (Lipinski definition) is 5. The molecule has 0 atom stereocenters. The molecule has 0 saturated heterocycles. The van der Waals surface area contributed by atoms with Gasteiger partial charge in [0.05, 0.1) is 5.56 Å². The van der Waals surface area contributed by atoms with Crippen LogP contribution in [0.3, 0.4) is 0 Å². The summed E-state index contributed by atoms with van der Waals surface area (Å²) in [6.07, 6.45) is -3.20. The summed E-state index contributed by atoms with van der Waals surface area (Å²) in [5.74, 6) is -1.29. The number of alkyl halides is 3. The summed E-state index contributed by atoms with van der Waals surface area (Å²) in [6.45, 7) is 0. The molecule has 0 aromatic carbocycles. The van der Waals surface area contributed by atoms with Crippen molar-refractivity contribution in [3.63, 3.8) is 0 Å². The molecule has 18 heavy (non-hydrogen) atoms. The lowest BCUT2D eigenvalue weighted by Crippen LogP contribution is -2.12. The van der Waals surface area contributed by atoms with E-state index in [4.69, 9.17) is 0 Å². The van der Waals surface area contributed by atoms with Crippen LogP contribution < -0.4 is 0 Å². The molecule has 1 aliphatic carbocycles. The Morgan fingerprint density at radius 2 is 2.06 bits per heavy atom. The molecule has 96 valence electrons. The second-order valence-corrected chi connectivity index (χ2v) is 3.89. The van der Waals surface area contributed by atoms with E-state index in [0.717, 1.165) is 12.8 Å². The van der Waals surface area contributed by atoms with Crippen molar-refractivity contribution < 1.29 is 22.8 Å². The molecule has 0 N–H and O–H groups in total. The van der Waals surface area contributed by atoms with Crippen molar-refractivity contribution in [2.45, 2.75) is 24.9 Å². The van der Waals surface area contributed by atoms with Gasteiger partial charge in [-0.3, -0.25) is 4.84 Å². The van der Waals surface area contributed by atoms with Gasteiger partial charge in [-0.25, -0.2) is 9.78 Å². The van der Waals surface area contributed by atoms with Gasteiger partial charge in [-0.15, -0.1) is 4.91 Å². The third-order valence-electron chi connectivity index (χ3n) is 2.49. The zero-order valence-corrected chi connectivity index (χ0v) is 8.90. The maximum absolute atomic E-state index is 12.6. The molecule has 0 bridgehead atoms. The van der Waals surface area contributed by atoms with Crippen LogP contribution in [0.15, 0.2) is 17.5 Å². The largest absolute Gasteiger partial charge is 0.433 e. The Kier molecular flexibility index (Phi) is 3.02. The van der Waals surface area contributed by atoms with E-state index in [2.05, 4.69) is 9.82 Å². The number of halogens is 3. The van der Waals surface area contributed by atoms with Gasteiger partial charge in [0, 0.05) is 11.6 Å². The highest BCUT2D eigenvalue weighted by molar-refractivity contribution is 5.89. The van der Waals surface area contributed by atoms with Gasteiger partial charge in [0.2, 0.25) is 0 Å². The maximum Gasteiger partial charge on any atom is 0.433 e. The van der Waals surface area contributed by atoms with Crippen LogP contribution in [0.2, 0.25) is 0 Å². The van der Waals surface area contributed by atoms with E-state index in [-0.39, 0.29) is 17.2 Å². The van der Waals surface area contributed by atoms with Crippen LogP contribution in [0.4, 0.5) is 13.2 Å². The van der Waals surface area contributed by atoms with Crippen LogP contribution in [0.25, 0.3) is 0 Å². The fraction of sp³-hybridized carbons (Fsp3) is 0.400. The van der Waals surface area contributed by atoms with E-state index in [1.807, 2.05) is 5.34 Å². The summed E-state index contributed by atoms with van der Waals surface area (Å²) in [7, 11) is 0. The van der Waals surface area contributed by atoms with Crippen LogP contribution in [0, 0.1) is 4.91 Å². The fourth-order valence-electron chi connectivity index (χ4n) is 1.49. The molecule has 0 aliphatic heterocycles. The van der Waals surface area contributed by atoms with Crippen LogP contribution in [-0.2, 0) is 11.0 Å². The molecular formula is C10H7F3N2O3. The van der Waals surface area contributed by atoms with Crippen LogP contribution in [0.1, 0.15) is 40.5 Å². The summed E-state index contributed by atoms with van der Waals surface area (Å²) in [5.41, 5.74) is -1.37. The quantitative estimate of drug-likeness (QED) is 0.619. The summed E-state index contributed by atoms with van der Waals surface area (Å²) in [6, 6.07) is 1.74. The first-order valence-electron chi connectivity index (χ1n) is 5.05. The predicted molar refractivity (Wildman–Crippen MR) is 52.4 cm³/mol. The number of aromatic nitrogens is 1. The first-order valence-corrected chi connectivity index (χ1v) is 5.05. The van der Waals surface area contributed by atoms with Crippen molar-refractivity contribution in [3.8, 4) is 0 Å². The Morgan fingerprint density at radius 1 is 1.39 bits per heavy atom. The Balaban J connectivity index is 2.42. The van der Waals surface area contributed by atoms with E-state index in [1.54, 1.807) is 0 Å². The molecule has 0 radical (unpaired) electrons. The molecule has 1 fully saturated rings. The lowest BCUT2D eigenvalue weighted by molar-refractivity contribution is -0.141. The van der Waals surface area contributed by atoms with E-state index >= 15 is 0 Å². The SMILES string of the molecule is O=NOC(=O)c1cc(C2CC2)nc(C(F)(F)F)c1. The van der Waals surface area contributed by atoms with E-state index < -0.39 is 17.8 Å². The van der Waals surface area contributed by atoms with Crippen molar-refractivity contribution in [1.29, 1.82) is 0 Å². The predicted octanol–water partition coefficient (Wildman–Crippen LogP) is 2.82. The average molecular weight is 260 g/mol. The molecule has 5 nitrogen and oxygen atoms in total. The Hall–Kier alpha value is -1.99. The van der Waals surface area contributed by atoms with Gasteiger partial charge >= 0.3 is 12.1 Å². The lowest BCUT2D eigenvalue weighted by Gasteiger charge is -2.09. The molecule has 1 saturated carbocycles. The molecule has 1 aromatic heterocycles. The van der Waals surface area contributed by atoms with Gasteiger partial charge in [-0.05, 0) is 25.0 Å². The molecule has 1 aromatic rings. The molecule has 1 heterocycles. The van der Waals surface area contributed by atoms with Crippen molar-refractivity contribution in [3.05, 3.63) is 34.0 Å². The molecule has 1 aliphatic rings. The Bertz CT molecular complexity index is 498. The first kappa shape index (κ1) is 12.5. The number of carbonyl (C=O) groups is 1. The van der Waals surface area contributed by atoms with Gasteiger partial charge in [0.15, 0.2) is 5.34 Å². The minimum absolute atomic E-state index is 0.0666. The third kappa shape index (κ3) is 2.63. The van der Waals surface area contributed by atoms with Gasteiger partial charge in [-0.2, -0.15) is 13.2 Å². The van der Waals surface area contributed by atoms with Crippen LogP contribution >= 0.6 is 0 Å². The minimum Gasteiger partial charge on any atom is -0.279 e. The summed E-state index contributed by atoms with van der Waals surface area (Å²) < 4.78 is 37.7. The average Bonchev–Trinajstić information content (AvgIpc) is 3.11. The number of pyridine rings is 1. The molecule has 0 amide bonds. The Morgan fingerprint density at radius 3 is 2.56 bits per heavy atom. The van der Waals surface area contributed by atoms with Gasteiger partial charge in [0.25, 0.3) is 0 Å². The summed E-state index contributed by atoms with van der Waals surface area (Å²) in [4.78, 5) is 28.2. The molecule has 0 spiro atoms. The highest BCUT2D eigenvalue weighted by Gasteiger charge is 2.36. The van der Waals surface area contributed by atoms with Crippen molar-refractivity contribution in [2.75, 3.05) is 0 Å². The molecular weight excluding hydrogens is 253 g/mol. The van der Waals surface area contributed by atoms with Gasteiger partial charge in [-0.1, -0.05) is 0 Å². The maximum atomic E-state index is 12.6. The van der Waals surface area contributed by atoms with E-state index in [9.17, 15) is 22.9 Å². The van der Waals surface area contributed by atoms with Crippen molar-refractivity contribution in [2.24, 2.45) is 5.34 Å². The van der Waals surface area contributed by atoms with Crippen LogP contribution in [-0.4, -0.2) is 11.0 Å². The normalized spacial score (nSPS) is 15.3. The van der Waals surface area contributed by atoms with Gasteiger partial charge < -0.3 is 0 Å². The topological polar surface area (TPSA) is 68.6 Å². The second kappa shape index (κ2) is 4.35. The Labute approximate surface area is 98.9 Å². The zero-order chi connectivity index (χ0) is 13.3. The second-order valence-electron chi connectivity index (χ2n) is 3.89. The van der Waals surface area contributed by atoms with Crippen molar-refractivity contribution in [1.82, 2.24) is 4.98 Å². The highest BCUT2D eigenvalue weighted by Crippen LogP contribution is 2.40. The smallest absolute Gasteiger partial charge is 0.279 e. The number of hydrogen-bond donors (Lipinski definition) is 0. The number of rotatable bonds is 3. The van der Waals surface area contributed by atoms with E-state index in [0.29, 0.717) is 6.07 Å². The number of nitrogens with zero attached hydrogens (tertiary/aromatic N) is 2. The minimum atomic E-state index is -4.66. The summed E-state index contributed by atoms with van der Waals surface area (Å²) in [5, 5.41) is 1.89. The standard InChI is InChI=1S/C10H7F3N2O3/c11-10(12,13)8-4-6(9(16)18-15-17)3-7(14-8)5-1-2-5/h3-5H,1-2H2.